The summed E-state index contributed by atoms with van der Waals surface area (Å²) in [7, 11) is 0. The van der Waals surface area contributed by atoms with E-state index in [-0.39, 0.29) is 39.0 Å². The van der Waals surface area contributed by atoms with Crippen LogP contribution >= 0.6 is 11.8 Å². The Balaban J connectivity index is 1.86. The van der Waals surface area contributed by atoms with Gasteiger partial charge in [-0.2, -0.15) is 18.4 Å². The maximum Gasteiger partial charge on any atom is 0.433 e. The fraction of sp³-hybridized carbons (Fsp3) is 0.105. The third kappa shape index (κ3) is 5.20. The molecule has 0 saturated heterocycles. The van der Waals surface area contributed by atoms with Crippen LogP contribution in [-0.2, 0) is 11.0 Å². The Morgan fingerprint density at radius 2 is 2.06 bits per heavy atom. The molecule has 0 spiro atoms. The number of amides is 1. The highest BCUT2D eigenvalue weighted by molar-refractivity contribution is 8.00. The first-order valence-corrected chi connectivity index (χ1v) is 9.41. The van der Waals surface area contributed by atoms with E-state index in [1.807, 2.05) is 6.07 Å². The van der Waals surface area contributed by atoms with E-state index in [0.29, 0.717) is 17.8 Å². The lowest BCUT2D eigenvalue weighted by atomic mass is 10.1. The molecule has 0 aliphatic heterocycles. The van der Waals surface area contributed by atoms with Gasteiger partial charge in [0.15, 0.2) is 0 Å². The highest BCUT2D eigenvalue weighted by Gasteiger charge is 2.35. The normalized spacial score (nSPS) is 11.0. The predicted molar refractivity (Wildman–Crippen MR) is 104 cm³/mol. The van der Waals surface area contributed by atoms with Crippen LogP contribution in [0.1, 0.15) is 11.3 Å². The quantitative estimate of drug-likeness (QED) is 0.324. The second kappa shape index (κ2) is 8.88. The number of aromatic nitrogens is 1. The molecule has 0 fully saturated rings. The highest BCUT2D eigenvalue weighted by Crippen LogP contribution is 2.36. The fourth-order valence-corrected chi connectivity index (χ4v) is 3.34. The van der Waals surface area contributed by atoms with Crippen molar-refractivity contribution in [3.8, 4) is 17.4 Å². The third-order valence-corrected chi connectivity index (χ3v) is 4.83. The molecule has 0 radical (unpaired) electrons. The average Bonchev–Trinajstić information content (AvgIpc) is 3.25. The van der Waals surface area contributed by atoms with Gasteiger partial charge in [0, 0.05) is 23.4 Å². The van der Waals surface area contributed by atoms with Crippen LogP contribution in [0.4, 0.5) is 24.5 Å². The number of halogens is 3. The van der Waals surface area contributed by atoms with Gasteiger partial charge in [-0.3, -0.25) is 14.9 Å². The maximum atomic E-state index is 13.3. The van der Waals surface area contributed by atoms with E-state index in [9.17, 15) is 33.3 Å². The zero-order valence-electron chi connectivity index (χ0n) is 15.3. The number of nitro groups is 1. The molecule has 0 aliphatic carbocycles. The predicted octanol–water partition coefficient (Wildman–Crippen LogP) is 4.87. The molecule has 2 aromatic heterocycles. The van der Waals surface area contributed by atoms with Gasteiger partial charge in [-0.1, -0.05) is 17.8 Å². The number of anilines is 1. The second-order valence-corrected chi connectivity index (χ2v) is 6.93. The van der Waals surface area contributed by atoms with E-state index in [2.05, 4.69) is 10.3 Å². The number of hydrogen-bond acceptors (Lipinski definition) is 7. The summed E-state index contributed by atoms with van der Waals surface area (Å²) in [6.45, 7) is 0. The summed E-state index contributed by atoms with van der Waals surface area (Å²) in [6, 6.07) is 10.6. The number of alkyl halides is 3. The zero-order valence-corrected chi connectivity index (χ0v) is 16.2. The number of furan rings is 1. The van der Waals surface area contributed by atoms with Crippen LogP contribution in [0.15, 0.2) is 58.2 Å². The molecule has 3 aromatic rings. The first-order chi connectivity index (χ1) is 14.7. The Labute approximate surface area is 176 Å². The van der Waals surface area contributed by atoms with Crippen molar-refractivity contribution in [3.63, 3.8) is 0 Å². The van der Waals surface area contributed by atoms with Crippen LogP contribution < -0.4 is 5.32 Å². The Morgan fingerprint density at radius 3 is 2.68 bits per heavy atom. The van der Waals surface area contributed by atoms with E-state index in [1.165, 1.54) is 36.6 Å². The summed E-state index contributed by atoms with van der Waals surface area (Å²) in [5.74, 6) is -0.982. The summed E-state index contributed by atoms with van der Waals surface area (Å²) in [5, 5.41) is 22.4. The molecule has 1 aromatic carbocycles. The molecule has 0 aliphatic rings. The zero-order chi connectivity index (χ0) is 22.6. The Kier molecular flexibility index (Phi) is 6.26. The van der Waals surface area contributed by atoms with Crippen LogP contribution in [0.25, 0.3) is 11.3 Å². The topological polar surface area (TPSA) is 122 Å². The minimum Gasteiger partial charge on any atom is -0.464 e. The van der Waals surface area contributed by atoms with Crippen molar-refractivity contribution in [3.05, 3.63) is 70.1 Å². The summed E-state index contributed by atoms with van der Waals surface area (Å²) in [4.78, 5) is 25.9. The first-order valence-electron chi connectivity index (χ1n) is 8.42. The molecule has 0 unspecified atom stereocenters. The molecule has 8 nitrogen and oxygen atoms in total. The maximum absolute atomic E-state index is 13.3. The van der Waals surface area contributed by atoms with Gasteiger partial charge in [-0.25, -0.2) is 4.98 Å². The minimum absolute atomic E-state index is 0.0485. The summed E-state index contributed by atoms with van der Waals surface area (Å²) >= 11 is 0.630. The molecule has 3 rings (SSSR count). The van der Waals surface area contributed by atoms with Crippen molar-refractivity contribution >= 4 is 29.0 Å². The van der Waals surface area contributed by atoms with Gasteiger partial charge in [0.25, 0.3) is 5.69 Å². The number of pyridine rings is 1. The van der Waals surface area contributed by atoms with Gasteiger partial charge in [0.05, 0.1) is 22.5 Å². The Hall–Kier alpha value is -3.85. The minimum atomic E-state index is -4.78. The number of rotatable bonds is 6. The van der Waals surface area contributed by atoms with E-state index < -0.39 is 22.7 Å². The monoisotopic (exact) mass is 448 g/mol. The molecule has 1 amide bonds. The molecular weight excluding hydrogens is 437 g/mol. The lowest BCUT2D eigenvalue weighted by Crippen LogP contribution is -2.15. The molecule has 1 N–H and O–H groups in total. The molecule has 2 heterocycles. The first kappa shape index (κ1) is 21.8. The molecule has 0 saturated carbocycles. The van der Waals surface area contributed by atoms with Crippen LogP contribution in [0.2, 0.25) is 0 Å². The number of nitriles is 1. The van der Waals surface area contributed by atoms with Gasteiger partial charge in [0.1, 0.15) is 22.5 Å². The lowest BCUT2D eigenvalue weighted by Gasteiger charge is -2.12. The van der Waals surface area contributed by atoms with Crippen molar-refractivity contribution in [2.24, 2.45) is 0 Å². The molecule has 31 heavy (non-hydrogen) atoms. The number of nitro benzene ring substituents is 1. The smallest absolute Gasteiger partial charge is 0.433 e. The van der Waals surface area contributed by atoms with Crippen molar-refractivity contribution in [2.45, 2.75) is 11.2 Å². The van der Waals surface area contributed by atoms with Crippen LogP contribution in [0.5, 0.6) is 0 Å². The molecule has 0 bridgehead atoms. The van der Waals surface area contributed by atoms with Crippen molar-refractivity contribution < 1.29 is 27.3 Å². The molecule has 158 valence electrons. The van der Waals surface area contributed by atoms with E-state index in [4.69, 9.17) is 4.42 Å². The number of carbonyl (C=O) groups excluding carboxylic acids is 1. The van der Waals surface area contributed by atoms with Crippen LogP contribution in [-0.4, -0.2) is 21.6 Å². The van der Waals surface area contributed by atoms with Crippen molar-refractivity contribution in [2.75, 3.05) is 11.1 Å². The third-order valence-electron chi connectivity index (χ3n) is 3.86. The van der Waals surface area contributed by atoms with Gasteiger partial charge >= 0.3 is 6.18 Å². The number of hydrogen-bond donors (Lipinski definition) is 1. The summed E-state index contributed by atoms with van der Waals surface area (Å²) < 4.78 is 45.0. The van der Waals surface area contributed by atoms with Gasteiger partial charge < -0.3 is 9.73 Å². The Morgan fingerprint density at radius 1 is 1.29 bits per heavy atom. The second-order valence-electron chi connectivity index (χ2n) is 5.97. The standard InChI is InChI=1S/C19H11F3N4O4S/c20-19(21,22)16-8-13(15-5-2-6-30-15)14(9-23)18(25-16)31-10-17(27)24-11-3-1-4-12(7-11)26(28)29/h1-8H,10H2,(H,24,27). The molecular formula is C19H11F3N4O4S. The fourth-order valence-electron chi connectivity index (χ4n) is 2.53. The van der Waals surface area contributed by atoms with Crippen molar-refractivity contribution in [1.29, 1.82) is 5.26 Å². The van der Waals surface area contributed by atoms with Crippen LogP contribution in [0.3, 0.4) is 0 Å². The van der Waals surface area contributed by atoms with E-state index in [1.54, 1.807) is 0 Å². The number of nitrogens with one attached hydrogen (secondary N) is 1. The number of carbonyl (C=O) groups is 1. The number of non-ortho nitro benzene ring substituents is 1. The highest BCUT2D eigenvalue weighted by atomic mass is 32.2. The summed E-state index contributed by atoms with van der Waals surface area (Å²) in [6.07, 6.45) is -3.53. The van der Waals surface area contributed by atoms with E-state index in [0.717, 1.165) is 6.07 Å². The van der Waals surface area contributed by atoms with Gasteiger partial charge in [-0.05, 0) is 24.3 Å². The SMILES string of the molecule is N#Cc1c(-c2ccco2)cc(C(F)(F)F)nc1SCC(=O)Nc1cccc([N+](=O)[O-])c1. The van der Waals surface area contributed by atoms with Gasteiger partial charge in [0.2, 0.25) is 5.91 Å². The van der Waals surface area contributed by atoms with E-state index >= 15 is 0 Å². The Bertz CT molecular complexity index is 1170. The average molecular weight is 448 g/mol. The van der Waals surface area contributed by atoms with Crippen LogP contribution in [0, 0.1) is 21.4 Å². The molecule has 0 atom stereocenters. The summed E-state index contributed by atoms with van der Waals surface area (Å²) in [5.41, 5.74) is -1.60. The number of nitrogens with zero attached hydrogens (tertiary/aromatic N) is 3. The lowest BCUT2D eigenvalue weighted by molar-refractivity contribution is -0.384. The largest absolute Gasteiger partial charge is 0.464 e. The van der Waals surface area contributed by atoms with Gasteiger partial charge in [-0.15, -0.1) is 0 Å². The van der Waals surface area contributed by atoms with Crippen molar-refractivity contribution in [1.82, 2.24) is 4.98 Å². The molecule has 12 heteroatoms. The number of thioether (sulfide) groups is 1. The number of benzene rings is 1.